The van der Waals surface area contributed by atoms with Gasteiger partial charge in [-0.05, 0) is 25.3 Å². The summed E-state index contributed by atoms with van der Waals surface area (Å²) < 4.78 is 22.7. The zero-order valence-corrected chi connectivity index (χ0v) is 11.0. The van der Waals surface area contributed by atoms with Gasteiger partial charge in [0.1, 0.15) is 0 Å². The van der Waals surface area contributed by atoms with E-state index in [1.54, 1.807) is 0 Å². The topological polar surface area (TPSA) is 66.5 Å². The van der Waals surface area contributed by atoms with Crippen molar-refractivity contribution in [2.45, 2.75) is 25.8 Å². The normalized spacial score (nSPS) is 32.3. The zero-order valence-electron chi connectivity index (χ0n) is 10.2. The number of likely N-dealkylation sites (N-methyl/N-ethyl adjacent to an activating group) is 1. The van der Waals surface area contributed by atoms with E-state index in [9.17, 15) is 13.2 Å². The third kappa shape index (κ3) is 2.98. The van der Waals surface area contributed by atoms with Crippen LogP contribution in [0.2, 0.25) is 0 Å². The molecule has 0 bridgehead atoms. The van der Waals surface area contributed by atoms with Crippen molar-refractivity contribution in [2.75, 3.05) is 31.1 Å². The number of rotatable bonds is 4. The maximum atomic E-state index is 12.0. The van der Waals surface area contributed by atoms with Crippen LogP contribution in [0.4, 0.5) is 0 Å². The van der Waals surface area contributed by atoms with Crippen LogP contribution in [-0.4, -0.2) is 56.4 Å². The van der Waals surface area contributed by atoms with Gasteiger partial charge in [0.25, 0.3) is 0 Å². The lowest BCUT2D eigenvalue weighted by atomic mass is 10.1. The lowest BCUT2D eigenvalue weighted by Gasteiger charge is -2.20. The Bertz CT molecular complexity index is 394. The first-order valence-electron chi connectivity index (χ1n) is 6.24. The lowest BCUT2D eigenvalue weighted by molar-refractivity contribution is -0.129. The number of nitrogens with zero attached hydrogens (tertiary/aromatic N) is 1. The van der Waals surface area contributed by atoms with Gasteiger partial charge in [0.15, 0.2) is 9.84 Å². The van der Waals surface area contributed by atoms with Crippen LogP contribution in [0.3, 0.4) is 0 Å². The SMILES string of the molecule is CCNC1CCN(CC2CCS(=O)(=O)C2)C1=O. The van der Waals surface area contributed by atoms with E-state index >= 15 is 0 Å². The molecule has 0 saturated carbocycles. The summed E-state index contributed by atoms with van der Waals surface area (Å²) in [5.41, 5.74) is 0. The van der Waals surface area contributed by atoms with Crippen molar-refractivity contribution >= 4 is 15.7 Å². The number of sulfone groups is 1. The van der Waals surface area contributed by atoms with Crippen LogP contribution < -0.4 is 5.32 Å². The van der Waals surface area contributed by atoms with Gasteiger partial charge in [0.05, 0.1) is 17.5 Å². The predicted molar refractivity (Wildman–Crippen MR) is 65.4 cm³/mol. The van der Waals surface area contributed by atoms with E-state index < -0.39 is 9.84 Å². The molecule has 0 spiro atoms. The Kier molecular flexibility index (Phi) is 3.73. The van der Waals surface area contributed by atoms with Crippen LogP contribution in [0.1, 0.15) is 19.8 Å². The quantitative estimate of drug-likeness (QED) is 0.749. The van der Waals surface area contributed by atoms with Gasteiger partial charge in [-0.2, -0.15) is 0 Å². The summed E-state index contributed by atoms with van der Waals surface area (Å²) in [4.78, 5) is 13.8. The molecule has 2 rings (SSSR count). The fourth-order valence-corrected chi connectivity index (χ4v) is 4.53. The zero-order chi connectivity index (χ0) is 12.5. The first kappa shape index (κ1) is 12.8. The van der Waals surface area contributed by atoms with Crippen LogP contribution in [0.5, 0.6) is 0 Å². The van der Waals surface area contributed by atoms with Crippen LogP contribution in [0, 0.1) is 5.92 Å². The van der Waals surface area contributed by atoms with Gasteiger partial charge in [-0.15, -0.1) is 0 Å². The number of amides is 1. The molecule has 2 aliphatic rings. The summed E-state index contributed by atoms with van der Waals surface area (Å²) >= 11 is 0. The molecule has 1 amide bonds. The number of hydrogen-bond acceptors (Lipinski definition) is 4. The Balaban J connectivity index is 1.87. The number of carbonyl (C=O) groups is 1. The summed E-state index contributed by atoms with van der Waals surface area (Å²) in [6, 6.07) is -0.0574. The highest BCUT2D eigenvalue weighted by molar-refractivity contribution is 7.91. The molecule has 1 N–H and O–H groups in total. The highest BCUT2D eigenvalue weighted by Gasteiger charge is 2.35. The predicted octanol–water partition coefficient (Wildman–Crippen LogP) is -0.368. The Morgan fingerprint density at radius 3 is 2.76 bits per heavy atom. The molecule has 0 aromatic rings. The van der Waals surface area contributed by atoms with Crippen molar-refractivity contribution in [3.05, 3.63) is 0 Å². The summed E-state index contributed by atoms with van der Waals surface area (Å²) in [7, 11) is -2.83. The molecule has 98 valence electrons. The number of likely N-dealkylation sites (tertiary alicyclic amines) is 1. The summed E-state index contributed by atoms with van der Waals surface area (Å²) in [5.74, 6) is 0.819. The highest BCUT2D eigenvalue weighted by atomic mass is 32.2. The van der Waals surface area contributed by atoms with E-state index in [1.807, 2.05) is 11.8 Å². The monoisotopic (exact) mass is 260 g/mol. The molecule has 0 radical (unpaired) electrons. The Labute approximate surface area is 102 Å². The molecule has 17 heavy (non-hydrogen) atoms. The average Bonchev–Trinajstić information content (AvgIpc) is 2.76. The second-order valence-corrected chi connectivity index (χ2v) is 7.18. The number of carbonyl (C=O) groups excluding carboxylic acids is 1. The second kappa shape index (κ2) is 4.94. The minimum Gasteiger partial charge on any atom is -0.341 e. The van der Waals surface area contributed by atoms with Gasteiger partial charge in [0, 0.05) is 13.1 Å². The van der Waals surface area contributed by atoms with Crippen molar-refractivity contribution in [1.82, 2.24) is 10.2 Å². The molecule has 2 unspecified atom stereocenters. The van der Waals surface area contributed by atoms with E-state index in [0.717, 1.165) is 19.5 Å². The molecule has 0 aromatic carbocycles. The van der Waals surface area contributed by atoms with Crippen LogP contribution in [0.15, 0.2) is 0 Å². The molecule has 0 aromatic heterocycles. The standard InChI is InChI=1S/C11H20N2O3S/c1-2-12-10-3-5-13(11(10)14)7-9-4-6-17(15,16)8-9/h9-10,12H,2-8H2,1H3. The fraction of sp³-hybridized carbons (Fsp3) is 0.909. The van der Waals surface area contributed by atoms with E-state index in [2.05, 4.69) is 5.32 Å². The summed E-state index contributed by atoms with van der Waals surface area (Å²) in [6.45, 7) is 4.15. The molecule has 0 aliphatic carbocycles. The molecule has 2 aliphatic heterocycles. The van der Waals surface area contributed by atoms with Gasteiger partial charge in [0.2, 0.25) is 5.91 Å². The van der Waals surface area contributed by atoms with E-state index in [4.69, 9.17) is 0 Å². The number of nitrogens with one attached hydrogen (secondary N) is 1. The van der Waals surface area contributed by atoms with E-state index in [0.29, 0.717) is 13.0 Å². The smallest absolute Gasteiger partial charge is 0.239 e. The molecular formula is C11H20N2O3S. The van der Waals surface area contributed by atoms with Gasteiger partial charge >= 0.3 is 0 Å². The Morgan fingerprint density at radius 2 is 2.18 bits per heavy atom. The summed E-state index contributed by atoms with van der Waals surface area (Å²) in [6.07, 6.45) is 1.55. The number of hydrogen-bond donors (Lipinski definition) is 1. The maximum Gasteiger partial charge on any atom is 0.239 e. The molecule has 2 heterocycles. The first-order valence-corrected chi connectivity index (χ1v) is 8.06. The second-order valence-electron chi connectivity index (χ2n) is 4.95. The van der Waals surface area contributed by atoms with Crippen LogP contribution in [0.25, 0.3) is 0 Å². The van der Waals surface area contributed by atoms with Crippen LogP contribution >= 0.6 is 0 Å². The van der Waals surface area contributed by atoms with Crippen molar-refractivity contribution < 1.29 is 13.2 Å². The first-order chi connectivity index (χ1) is 8.02. The maximum absolute atomic E-state index is 12.0. The molecule has 2 atom stereocenters. The minimum absolute atomic E-state index is 0.0574. The van der Waals surface area contributed by atoms with Gasteiger partial charge in [-0.1, -0.05) is 6.92 Å². The largest absolute Gasteiger partial charge is 0.341 e. The Hall–Kier alpha value is -0.620. The van der Waals surface area contributed by atoms with Crippen LogP contribution in [-0.2, 0) is 14.6 Å². The van der Waals surface area contributed by atoms with Crippen molar-refractivity contribution in [3.63, 3.8) is 0 Å². The lowest BCUT2D eigenvalue weighted by Crippen LogP contribution is -2.40. The van der Waals surface area contributed by atoms with Gasteiger partial charge < -0.3 is 10.2 Å². The molecular weight excluding hydrogens is 240 g/mol. The third-order valence-corrected chi connectivity index (χ3v) is 5.39. The highest BCUT2D eigenvalue weighted by Crippen LogP contribution is 2.22. The average molecular weight is 260 g/mol. The molecule has 2 fully saturated rings. The molecule has 2 saturated heterocycles. The Morgan fingerprint density at radius 1 is 1.41 bits per heavy atom. The molecule has 5 nitrogen and oxygen atoms in total. The van der Waals surface area contributed by atoms with Crippen molar-refractivity contribution in [2.24, 2.45) is 5.92 Å². The van der Waals surface area contributed by atoms with E-state index in [-0.39, 0.29) is 29.4 Å². The minimum atomic E-state index is -2.83. The van der Waals surface area contributed by atoms with Gasteiger partial charge in [-0.25, -0.2) is 8.42 Å². The fourth-order valence-electron chi connectivity index (χ4n) is 2.68. The summed E-state index contributed by atoms with van der Waals surface area (Å²) in [5, 5.41) is 3.16. The third-order valence-electron chi connectivity index (χ3n) is 3.55. The van der Waals surface area contributed by atoms with Crippen molar-refractivity contribution in [3.8, 4) is 0 Å². The molecule has 6 heteroatoms. The van der Waals surface area contributed by atoms with Crippen molar-refractivity contribution in [1.29, 1.82) is 0 Å². The van der Waals surface area contributed by atoms with Gasteiger partial charge in [-0.3, -0.25) is 4.79 Å². The van der Waals surface area contributed by atoms with E-state index in [1.165, 1.54) is 0 Å².